The summed E-state index contributed by atoms with van der Waals surface area (Å²) in [5.74, 6) is -0.0588. The predicted octanol–water partition coefficient (Wildman–Crippen LogP) is 3.60. The van der Waals surface area contributed by atoms with Crippen LogP contribution in [0.25, 0.3) is 11.1 Å². The van der Waals surface area contributed by atoms with Gasteiger partial charge in [0.2, 0.25) is 5.91 Å². The first kappa shape index (κ1) is 13.6. The van der Waals surface area contributed by atoms with Gasteiger partial charge in [0.25, 0.3) is 0 Å². The van der Waals surface area contributed by atoms with Gasteiger partial charge in [-0.15, -0.1) is 0 Å². The average Bonchev–Trinajstić information content (AvgIpc) is 2.54. The minimum Gasteiger partial charge on any atom is -0.319 e. The van der Waals surface area contributed by atoms with Crippen molar-refractivity contribution in [1.29, 1.82) is 0 Å². The van der Waals surface area contributed by atoms with E-state index in [9.17, 15) is 4.79 Å². The van der Waals surface area contributed by atoms with Crippen LogP contribution in [-0.2, 0) is 4.79 Å². The van der Waals surface area contributed by atoms with E-state index in [1.807, 2.05) is 36.5 Å². The van der Waals surface area contributed by atoms with E-state index in [2.05, 4.69) is 23.7 Å². The molecule has 2 aromatic rings. The first-order chi connectivity index (χ1) is 10.2. The molecule has 1 aromatic heterocycles. The number of nitrogens with zero attached hydrogens (tertiary/aromatic N) is 2. The van der Waals surface area contributed by atoms with E-state index in [-0.39, 0.29) is 11.8 Å². The first-order valence-electron chi connectivity index (χ1n) is 7.13. The maximum atomic E-state index is 12.3. The Morgan fingerprint density at radius 1 is 1.14 bits per heavy atom. The van der Waals surface area contributed by atoms with E-state index in [1.165, 1.54) is 0 Å². The largest absolute Gasteiger partial charge is 0.319 e. The molecule has 1 aromatic carbocycles. The van der Waals surface area contributed by atoms with E-state index in [1.54, 1.807) is 11.9 Å². The molecule has 1 aliphatic rings. The van der Waals surface area contributed by atoms with Crippen LogP contribution in [0.1, 0.15) is 24.5 Å². The molecular formula is C18H18N2O. The monoisotopic (exact) mass is 278 g/mol. The van der Waals surface area contributed by atoms with Gasteiger partial charge in [-0.05, 0) is 24.5 Å². The van der Waals surface area contributed by atoms with Gasteiger partial charge in [-0.2, -0.15) is 0 Å². The van der Waals surface area contributed by atoms with E-state index in [0.29, 0.717) is 0 Å². The molecule has 106 valence electrons. The van der Waals surface area contributed by atoms with Gasteiger partial charge in [0, 0.05) is 24.5 Å². The lowest BCUT2D eigenvalue weighted by Crippen LogP contribution is -2.35. The zero-order valence-electron chi connectivity index (χ0n) is 12.1. The number of benzene rings is 1. The van der Waals surface area contributed by atoms with Crippen LogP contribution in [0.4, 0.5) is 0 Å². The van der Waals surface area contributed by atoms with Gasteiger partial charge < -0.3 is 4.90 Å². The summed E-state index contributed by atoms with van der Waals surface area (Å²) in [4.78, 5) is 18.5. The van der Waals surface area contributed by atoms with Crippen LogP contribution in [-0.4, -0.2) is 22.8 Å². The number of hydrogen-bond donors (Lipinski definition) is 0. The van der Waals surface area contributed by atoms with Crippen molar-refractivity contribution >= 4 is 5.91 Å². The van der Waals surface area contributed by atoms with E-state index < -0.39 is 0 Å². The summed E-state index contributed by atoms with van der Waals surface area (Å²) in [6, 6.07) is 14.1. The second kappa shape index (κ2) is 5.52. The SMILES string of the molecule is C=C1CCC(c2ccc(-c3ccccc3)cn2)C(=O)N1C. The highest BCUT2D eigenvalue weighted by Crippen LogP contribution is 2.31. The number of carbonyl (C=O) groups excluding carboxylic acids is 1. The number of carbonyl (C=O) groups is 1. The van der Waals surface area contributed by atoms with Crippen LogP contribution in [0.5, 0.6) is 0 Å². The number of likely N-dealkylation sites (N-methyl/N-ethyl adjacent to an activating group) is 1. The molecule has 0 radical (unpaired) electrons. The summed E-state index contributed by atoms with van der Waals surface area (Å²) >= 11 is 0. The van der Waals surface area contributed by atoms with Crippen molar-refractivity contribution in [3.8, 4) is 11.1 Å². The third kappa shape index (κ3) is 2.59. The zero-order valence-corrected chi connectivity index (χ0v) is 12.1. The lowest BCUT2D eigenvalue weighted by molar-refractivity contribution is -0.131. The Hall–Kier alpha value is -2.42. The van der Waals surface area contributed by atoms with Crippen molar-refractivity contribution in [3.63, 3.8) is 0 Å². The molecule has 0 saturated carbocycles. The highest BCUT2D eigenvalue weighted by molar-refractivity contribution is 5.85. The van der Waals surface area contributed by atoms with Crippen LogP contribution in [0, 0.1) is 0 Å². The number of pyridine rings is 1. The van der Waals surface area contributed by atoms with E-state index >= 15 is 0 Å². The number of rotatable bonds is 2. The quantitative estimate of drug-likeness (QED) is 0.841. The maximum Gasteiger partial charge on any atom is 0.235 e. The summed E-state index contributed by atoms with van der Waals surface area (Å²) < 4.78 is 0. The molecule has 21 heavy (non-hydrogen) atoms. The Morgan fingerprint density at radius 2 is 1.90 bits per heavy atom. The number of allylic oxidation sites excluding steroid dienone is 1. The molecule has 2 heterocycles. The summed E-state index contributed by atoms with van der Waals surface area (Å²) in [5, 5.41) is 0. The molecule has 3 nitrogen and oxygen atoms in total. The number of hydrogen-bond acceptors (Lipinski definition) is 2. The molecule has 1 atom stereocenters. The molecule has 0 N–H and O–H groups in total. The van der Waals surface area contributed by atoms with Crippen LogP contribution < -0.4 is 0 Å². The third-order valence-electron chi connectivity index (χ3n) is 4.08. The number of likely N-dealkylation sites (tertiary alicyclic amines) is 1. The minimum absolute atomic E-state index is 0.0891. The van der Waals surface area contributed by atoms with E-state index in [4.69, 9.17) is 0 Å². The van der Waals surface area contributed by atoms with Crippen LogP contribution >= 0.6 is 0 Å². The van der Waals surface area contributed by atoms with Crippen molar-refractivity contribution < 1.29 is 4.79 Å². The van der Waals surface area contributed by atoms with Crippen molar-refractivity contribution in [2.24, 2.45) is 0 Å². The molecule has 3 heteroatoms. The fraction of sp³-hybridized carbons (Fsp3) is 0.222. The molecule has 1 unspecified atom stereocenters. The lowest BCUT2D eigenvalue weighted by Gasteiger charge is -2.30. The molecule has 0 aliphatic carbocycles. The molecule has 0 bridgehead atoms. The van der Waals surface area contributed by atoms with Gasteiger partial charge in [-0.3, -0.25) is 9.78 Å². The molecule has 1 amide bonds. The van der Waals surface area contributed by atoms with Crippen molar-refractivity contribution in [2.75, 3.05) is 7.05 Å². The summed E-state index contributed by atoms with van der Waals surface area (Å²) in [7, 11) is 1.79. The number of amides is 1. The van der Waals surface area contributed by atoms with Gasteiger partial charge in [-0.25, -0.2) is 0 Å². The minimum atomic E-state index is -0.148. The van der Waals surface area contributed by atoms with Gasteiger partial charge in [0.05, 0.1) is 11.6 Å². The average molecular weight is 278 g/mol. The predicted molar refractivity (Wildman–Crippen MR) is 83.6 cm³/mol. The Balaban J connectivity index is 1.85. The summed E-state index contributed by atoms with van der Waals surface area (Å²) in [6.07, 6.45) is 3.48. The number of piperidine rings is 1. The molecule has 3 rings (SSSR count). The Morgan fingerprint density at radius 3 is 2.57 bits per heavy atom. The van der Waals surface area contributed by atoms with Crippen LogP contribution in [0.2, 0.25) is 0 Å². The van der Waals surface area contributed by atoms with Gasteiger partial charge in [0.15, 0.2) is 0 Å². The summed E-state index contributed by atoms with van der Waals surface area (Å²) in [6.45, 7) is 3.91. The fourth-order valence-corrected chi connectivity index (χ4v) is 2.68. The highest BCUT2D eigenvalue weighted by atomic mass is 16.2. The van der Waals surface area contributed by atoms with Crippen molar-refractivity contribution in [3.05, 3.63) is 66.6 Å². The first-order valence-corrected chi connectivity index (χ1v) is 7.13. The standard InChI is InChI=1S/C18H18N2O/c1-13-8-10-16(18(21)20(13)2)17-11-9-15(12-19-17)14-6-4-3-5-7-14/h3-7,9,11-12,16H,1,8,10H2,2H3. The second-order valence-electron chi connectivity index (χ2n) is 5.39. The fourth-order valence-electron chi connectivity index (χ4n) is 2.68. The van der Waals surface area contributed by atoms with Crippen LogP contribution in [0.3, 0.4) is 0 Å². The van der Waals surface area contributed by atoms with Crippen molar-refractivity contribution in [2.45, 2.75) is 18.8 Å². The Labute approximate surface area is 124 Å². The highest BCUT2D eigenvalue weighted by Gasteiger charge is 2.30. The van der Waals surface area contributed by atoms with Gasteiger partial charge in [0.1, 0.15) is 0 Å². The third-order valence-corrected chi connectivity index (χ3v) is 4.08. The topological polar surface area (TPSA) is 33.2 Å². The molecule has 1 aliphatic heterocycles. The smallest absolute Gasteiger partial charge is 0.235 e. The Kier molecular flexibility index (Phi) is 3.57. The molecular weight excluding hydrogens is 260 g/mol. The summed E-state index contributed by atoms with van der Waals surface area (Å²) in [5.41, 5.74) is 3.94. The van der Waals surface area contributed by atoms with Crippen molar-refractivity contribution in [1.82, 2.24) is 9.88 Å². The second-order valence-corrected chi connectivity index (χ2v) is 5.39. The lowest BCUT2D eigenvalue weighted by atomic mass is 9.92. The maximum absolute atomic E-state index is 12.3. The molecule has 1 fully saturated rings. The number of aromatic nitrogens is 1. The van der Waals surface area contributed by atoms with E-state index in [0.717, 1.165) is 35.4 Å². The van der Waals surface area contributed by atoms with Crippen LogP contribution in [0.15, 0.2) is 60.9 Å². The Bertz CT molecular complexity index is 661. The van der Waals surface area contributed by atoms with Gasteiger partial charge >= 0.3 is 0 Å². The molecule has 1 saturated heterocycles. The normalized spacial score (nSPS) is 18.9. The molecule has 0 spiro atoms. The van der Waals surface area contributed by atoms with Gasteiger partial charge in [-0.1, -0.05) is 43.0 Å². The zero-order chi connectivity index (χ0) is 14.8.